The summed E-state index contributed by atoms with van der Waals surface area (Å²) in [5.41, 5.74) is 6.61. The van der Waals surface area contributed by atoms with E-state index in [1.54, 1.807) is 18.4 Å². The standard InChI is InChI=1S/C13H9NO2/c14-13(15)9-1-3-10-8(7-9)2-4-12-11(10)5-6-16-12/h1-7H,(H2,14,15). The summed E-state index contributed by atoms with van der Waals surface area (Å²) >= 11 is 0. The second-order valence-corrected chi connectivity index (χ2v) is 3.70. The Bertz CT molecular complexity index is 697. The Labute approximate surface area is 91.5 Å². The lowest BCUT2D eigenvalue weighted by atomic mass is 10.0. The molecule has 0 bridgehead atoms. The molecule has 0 saturated heterocycles. The monoisotopic (exact) mass is 211 g/mol. The number of carbonyl (C=O) groups is 1. The molecule has 1 aromatic heterocycles. The van der Waals surface area contributed by atoms with E-state index in [1.807, 2.05) is 24.3 Å². The minimum Gasteiger partial charge on any atom is -0.464 e. The van der Waals surface area contributed by atoms with Crippen molar-refractivity contribution in [3.63, 3.8) is 0 Å². The van der Waals surface area contributed by atoms with Gasteiger partial charge < -0.3 is 10.2 Å². The van der Waals surface area contributed by atoms with Crippen molar-refractivity contribution in [2.45, 2.75) is 0 Å². The molecule has 16 heavy (non-hydrogen) atoms. The molecule has 0 unspecified atom stereocenters. The molecule has 3 aromatic rings. The van der Waals surface area contributed by atoms with Gasteiger partial charge in [0.15, 0.2) is 0 Å². The fourth-order valence-electron chi connectivity index (χ4n) is 1.94. The summed E-state index contributed by atoms with van der Waals surface area (Å²) in [6.45, 7) is 0. The number of primary amides is 1. The molecule has 0 atom stereocenters. The molecule has 1 amide bonds. The van der Waals surface area contributed by atoms with E-state index in [1.165, 1.54) is 0 Å². The summed E-state index contributed by atoms with van der Waals surface area (Å²) in [5, 5.41) is 3.11. The molecule has 1 heterocycles. The average molecular weight is 211 g/mol. The predicted octanol–water partition coefficient (Wildman–Crippen LogP) is 2.68. The number of amides is 1. The molecule has 0 saturated carbocycles. The number of nitrogens with two attached hydrogens (primary N) is 1. The van der Waals surface area contributed by atoms with Crippen LogP contribution in [0.15, 0.2) is 47.1 Å². The minimum atomic E-state index is -0.408. The SMILES string of the molecule is NC(=O)c1ccc2c(ccc3occc32)c1. The first kappa shape index (κ1) is 8.97. The molecule has 2 aromatic carbocycles. The molecule has 0 aliphatic heterocycles. The largest absolute Gasteiger partial charge is 0.464 e. The number of furan rings is 1. The van der Waals surface area contributed by atoms with Crippen LogP contribution in [-0.2, 0) is 0 Å². The van der Waals surface area contributed by atoms with Crippen LogP contribution < -0.4 is 5.73 Å². The minimum absolute atomic E-state index is 0.408. The lowest BCUT2D eigenvalue weighted by Gasteiger charge is -2.01. The third kappa shape index (κ3) is 1.18. The van der Waals surface area contributed by atoms with E-state index >= 15 is 0 Å². The number of fused-ring (bicyclic) bond motifs is 3. The van der Waals surface area contributed by atoms with E-state index in [2.05, 4.69) is 0 Å². The smallest absolute Gasteiger partial charge is 0.248 e. The molecule has 3 nitrogen and oxygen atoms in total. The highest BCUT2D eigenvalue weighted by Gasteiger charge is 2.05. The Morgan fingerprint density at radius 1 is 1.06 bits per heavy atom. The zero-order chi connectivity index (χ0) is 11.1. The van der Waals surface area contributed by atoms with Crippen LogP contribution in [0, 0.1) is 0 Å². The lowest BCUT2D eigenvalue weighted by molar-refractivity contribution is 0.100. The van der Waals surface area contributed by atoms with Gasteiger partial charge in [0.1, 0.15) is 5.58 Å². The van der Waals surface area contributed by atoms with E-state index in [0.717, 1.165) is 21.7 Å². The van der Waals surface area contributed by atoms with Gasteiger partial charge >= 0.3 is 0 Å². The Hall–Kier alpha value is -2.29. The zero-order valence-electron chi connectivity index (χ0n) is 8.44. The van der Waals surface area contributed by atoms with Gasteiger partial charge in [0.2, 0.25) is 5.91 Å². The van der Waals surface area contributed by atoms with Crippen molar-refractivity contribution in [1.82, 2.24) is 0 Å². The quantitative estimate of drug-likeness (QED) is 0.672. The highest BCUT2D eigenvalue weighted by atomic mass is 16.3. The number of carbonyl (C=O) groups excluding carboxylic acids is 1. The van der Waals surface area contributed by atoms with Crippen molar-refractivity contribution in [3.8, 4) is 0 Å². The van der Waals surface area contributed by atoms with Crippen molar-refractivity contribution in [2.75, 3.05) is 0 Å². The van der Waals surface area contributed by atoms with Gasteiger partial charge in [-0.25, -0.2) is 0 Å². The number of rotatable bonds is 1. The van der Waals surface area contributed by atoms with Crippen molar-refractivity contribution >= 4 is 27.6 Å². The van der Waals surface area contributed by atoms with Crippen molar-refractivity contribution in [2.24, 2.45) is 5.73 Å². The number of benzene rings is 2. The molecule has 0 fully saturated rings. The Kier molecular flexibility index (Phi) is 1.74. The lowest BCUT2D eigenvalue weighted by Crippen LogP contribution is -2.10. The van der Waals surface area contributed by atoms with Crippen LogP contribution in [0.2, 0.25) is 0 Å². The van der Waals surface area contributed by atoms with Gasteiger partial charge in [-0.2, -0.15) is 0 Å². The van der Waals surface area contributed by atoms with Gasteiger partial charge in [-0.1, -0.05) is 12.1 Å². The van der Waals surface area contributed by atoms with E-state index in [-0.39, 0.29) is 0 Å². The first-order valence-electron chi connectivity index (χ1n) is 4.95. The highest BCUT2D eigenvalue weighted by molar-refractivity contribution is 6.08. The van der Waals surface area contributed by atoms with Gasteiger partial charge in [0, 0.05) is 10.9 Å². The van der Waals surface area contributed by atoms with E-state index in [0.29, 0.717) is 5.56 Å². The molecule has 0 radical (unpaired) electrons. The molecule has 0 aliphatic carbocycles. The Morgan fingerprint density at radius 3 is 2.75 bits per heavy atom. The molecule has 0 aliphatic rings. The maximum absolute atomic E-state index is 11.1. The van der Waals surface area contributed by atoms with Gasteiger partial charge in [-0.3, -0.25) is 4.79 Å². The third-order valence-electron chi connectivity index (χ3n) is 2.74. The average Bonchev–Trinajstić information content (AvgIpc) is 2.76. The third-order valence-corrected chi connectivity index (χ3v) is 2.74. The second-order valence-electron chi connectivity index (χ2n) is 3.70. The van der Waals surface area contributed by atoms with Gasteiger partial charge in [-0.05, 0) is 35.0 Å². The van der Waals surface area contributed by atoms with Crippen LogP contribution in [0.25, 0.3) is 21.7 Å². The maximum atomic E-state index is 11.1. The topological polar surface area (TPSA) is 56.2 Å². The molecule has 3 rings (SSSR count). The number of hydrogen-bond donors (Lipinski definition) is 1. The summed E-state index contributed by atoms with van der Waals surface area (Å²) in [7, 11) is 0. The molecule has 3 heteroatoms. The molecular weight excluding hydrogens is 202 g/mol. The van der Waals surface area contributed by atoms with E-state index in [9.17, 15) is 4.79 Å². The van der Waals surface area contributed by atoms with Gasteiger partial charge in [0.25, 0.3) is 0 Å². The maximum Gasteiger partial charge on any atom is 0.248 e. The van der Waals surface area contributed by atoms with Crippen molar-refractivity contribution in [3.05, 3.63) is 48.2 Å². The molecular formula is C13H9NO2. The van der Waals surface area contributed by atoms with Crippen LogP contribution in [0.1, 0.15) is 10.4 Å². The second kappa shape index (κ2) is 3.10. The summed E-state index contributed by atoms with van der Waals surface area (Å²) in [4.78, 5) is 11.1. The first-order valence-corrected chi connectivity index (χ1v) is 4.95. The van der Waals surface area contributed by atoms with E-state index < -0.39 is 5.91 Å². The predicted molar refractivity (Wildman–Crippen MR) is 62.2 cm³/mol. The van der Waals surface area contributed by atoms with Crippen LogP contribution in [-0.4, -0.2) is 5.91 Å². The van der Waals surface area contributed by atoms with Crippen LogP contribution in [0.3, 0.4) is 0 Å². The van der Waals surface area contributed by atoms with Crippen molar-refractivity contribution in [1.29, 1.82) is 0 Å². The molecule has 0 spiro atoms. The number of hydrogen-bond acceptors (Lipinski definition) is 2. The van der Waals surface area contributed by atoms with Gasteiger partial charge in [-0.15, -0.1) is 0 Å². The summed E-state index contributed by atoms with van der Waals surface area (Å²) in [5.74, 6) is -0.408. The Morgan fingerprint density at radius 2 is 1.94 bits per heavy atom. The highest BCUT2D eigenvalue weighted by Crippen LogP contribution is 2.26. The zero-order valence-corrected chi connectivity index (χ0v) is 8.44. The van der Waals surface area contributed by atoms with Crippen LogP contribution >= 0.6 is 0 Å². The normalized spacial score (nSPS) is 11.0. The fourth-order valence-corrected chi connectivity index (χ4v) is 1.94. The van der Waals surface area contributed by atoms with Crippen LogP contribution in [0.5, 0.6) is 0 Å². The van der Waals surface area contributed by atoms with Crippen molar-refractivity contribution < 1.29 is 9.21 Å². The first-order chi connectivity index (χ1) is 7.75. The summed E-state index contributed by atoms with van der Waals surface area (Å²) in [6.07, 6.45) is 1.66. The summed E-state index contributed by atoms with van der Waals surface area (Å²) < 4.78 is 5.31. The van der Waals surface area contributed by atoms with Crippen LogP contribution in [0.4, 0.5) is 0 Å². The summed E-state index contributed by atoms with van der Waals surface area (Å²) in [6, 6.07) is 11.2. The fraction of sp³-hybridized carbons (Fsp3) is 0. The van der Waals surface area contributed by atoms with E-state index in [4.69, 9.17) is 10.2 Å². The molecule has 2 N–H and O–H groups in total. The molecule has 78 valence electrons. The Balaban J connectivity index is 2.41. The van der Waals surface area contributed by atoms with Gasteiger partial charge in [0.05, 0.1) is 6.26 Å².